The molecule has 6 atom stereocenters. The Kier molecular flexibility index (Phi) is 10.9. The van der Waals surface area contributed by atoms with Crippen molar-refractivity contribution >= 4 is 95.9 Å². The maximum Gasteiger partial charge on any atom is 0.417 e. The van der Waals surface area contributed by atoms with Gasteiger partial charge in [-0.25, -0.2) is 4.98 Å². The number of benzene rings is 3. The van der Waals surface area contributed by atoms with E-state index in [0.29, 0.717) is 75.5 Å². The van der Waals surface area contributed by atoms with Crippen molar-refractivity contribution in [2.24, 2.45) is 23.7 Å². The number of carbonyl (C=O) groups excluding carboxylic acids is 4. The molecule has 322 valence electrons. The Morgan fingerprint density at radius 3 is 2.24 bits per heavy atom. The number of hydrogen-bond acceptors (Lipinski definition) is 10. The molecule has 9 rings (SSSR count). The lowest BCUT2D eigenvalue weighted by molar-refractivity contribution is -0.139. The Morgan fingerprint density at radius 1 is 0.919 bits per heavy atom. The van der Waals surface area contributed by atoms with Gasteiger partial charge >= 0.3 is 6.18 Å². The summed E-state index contributed by atoms with van der Waals surface area (Å²) in [6.45, 7) is 2.56. The van der Waals surface area contributed by atoms with Crippen LogP contribution in [-0.2, 0) is 35.5 Å². The van der Waals surface area contributed by atoms with E-state index < -0.39 is 75.4 Å². The third-order valence-corrected chi connectivity index (χ3v) is 15.4. The Hall–Kier alpha value is -4.68. The number of aromatic hydroxyl groups is 1. The number of alkyl halides is 3. The van der Waals surface area contributed by atoms with Gasteiger partial charge in [-0.2, -0.15) is 18.2 Å². The first-order valence-electron chi connectivity index (χ1n) is 19.5. The van der Waals surface area contributed by atoms with Gasteiger partial charge < -0.3 is 19.5 Å². The molecule has 0 bridgehead atoms. The quantitative estimate of drug-likeness (QED) is 0.137. The largest absolute Gasteiger partial charge is 0.503 e. The van der Waals surface area contributed by atoms with Crippen LogP contribution in [0.2, 0.25) is 10.0 Å². The van der Waals surface area contributed by atoms with Crippen LogP contribution in [0.25, 0.3) is 0 Å². The van der Waals surface area contributed by atoms with E-state index in [1.807, 2.05) is 18.2 Å². The highest BCUT2D eigenvalue weighted by atomic mass is 79.9. The fourth-order valence-corrected chi connectivity index (χ4v) is 11.3. The van der Waals surface area contributed by atoms with E-state index in [4.69, 9.17) is 32.7 Å². The SMILES string of the molecule is COc1cc(C2C3=CCC4C(=O)N(c5ccc(N6CCOCC6)cc5)C(=O)C4C3CC3C(=O)N(Nc4ncc(C(F)(F)F)cc4Cl)C(=O)C32c2ccc(Cl)cc2)c(Br)c(Br)c1O. The molecule has 1 aromatic heterocycles. The van der Waals surface area contributed by atoms with E-state index >= 15 is 9.59 Å². The fourth-order valence-electron chi connectivity index (χ4n) is 9.99. The number of fused-ring (bicyclic) bond motifs is 4. The molecule has 4 amide bonds. The van der Waals surface area contributed by atoms with Gasteiger partial charge in [0.2, 0.25) is 11.8 Å². The highest BCUT2D eigenvalue weighted by Gasteiger charge is 2.71. The minimum absolute atomic E-state index is 0.0283. The standard InChI is InChI=1S/C43H34Br2Cl2F3N5O7/c1-61-31-18-28(34(44)35(45)36(31)56)33-25-10-11-26-32(40(59)54(38(26)57)24-8-6-23(7-9-24)53-12-14-62-15-13-53)27(25)17-29-39(58)55(41(60)42(29,33)20-2-4-22(46)5-3-20)52-37-30(47)16-21(19-51-37)43(48,49)50/h2-10,16,18-19,26-27,29,32-33,56H,11-15,17H2,1H3,(H,51,52). The first-order chi connectivity index (χ1) is 29.6. The van der Waals surface area contributed by atoms with Crippen molar-refractivity contribution in [2.45, 2.75) is 30.4 Å². The van der Waals surface area contributed by atoms with Crippen molar-refractivity contribution in [1.29, 1.82) is 0 Å². The van der Waals surface area contributed by atoms with E-state index in [2.05, 4.69) is 47.2 Å². The predicted molar refractivity (Wildman–Crippen MR) is 229 cm³/mol. The highest BCUT2D eigenvalue weighted by Crippen LogP contribution is 2.66. The zero-order valence-corrected chi connectivity index (χ0v) is 37.1. The van der Waals surface area contributed by atoms with Gasteiger partial charge in [-0.1, -0.05) is 47.0 Å². The van der Waals surface area contributed by atoms with Crippen LogP contribution in [0, 0.1) is 23.7 Å². The zero-order valence-electron chi connectivity index (χ0n) is 32.4. The molecular formula is C43H34Br2Cl2F3N5O7. The molecule has 4 aromatic rings. The molecule has 1 saturated carbocycles. The first kappa shape index (κ1) is 42.6. The second kappa shape index (κ2) is 15.8. The van der Waals surface area contributed by atoms with Crippen molar-refractivity contribution in [2.75, 3.05) is 48.6 Å². The molecule has 4 heterocycles. The summed E-state index contributed by atoms with van der Waals surface area (Å²) in [5, 5.41) is 11.6. The summed E-state index contributed by atoms with van der Waals surface area (Å²) in [7, 11) is 1.35. The van der Waals surface area contributed by atoms with Crippen molar-refractivity contribution in [3.05, 3.63) is 114 Å². The van der Waals surface area contributed by atoms with Crippen LogP contribution < -0.4 is 20.0 Å². The molecule has 12 nitrogen and oxygen atoms in total. The van der Waals surface area contributed by atoms with Crippen LogP contribution in [-0.4, -0.2) is 72.1 Å². The Balaban J connectivity index is 1.20. The predicted octanol–water partition coefficient (Wildman–Crippen LogP) is 8.67. The van der Waals surface area contributed by atoms with E-state index in [1.54, 1.807) is 42.5 Å². The number of carbonyl (C=O) groups is 4. The van der Waals surface area contributed by atoms with Gasteiger partial charge in [0.05, 0.1) is 64.2 Å². The van der Waals surface area contributed by atoms with E-state index in [1.165, 1.54) is 12.0 Å². The van der Waals surface area contributed by atoms with Gasteiger partial charge in [-0.15, -0.1) is 0 Å². The summed E-state index contributed by atoms with van der Waals surface area (Å²) in [6, 6.07) is 15.8. The van der Waals surface area contributed by atoms with Crippen molar-refractivity contribution in [3.63, 3.8) is 0 Å². The molecule has 3 aliphatic heterocycles. The van der Waals surface area contributed by atoms with Gasteiger partial charge in [0.25, 0.3) is 11.8 Å². The Morgan fingerprint density at radius 2 is 1.60 bits per heavy atom. The van der Waals surface area contributed by atoms with Crippen LogP contribution in [0.1, 0.15) is 35.4 Å². The molecule has 0 spiro atoms. The number of nitrogens with zero attached hydrogens (tertiary/aromatic N) is 4. The second-order valence-corrected chi connectivity index (χ2v) is 18.1. The number of aromatic nitrogens is 1. The molecule has 5 aliphatic rings. The van der Waals surface area contributed by atoms with Crippen LogP contribution in [0.4, 0.5) is 30.4 Å². The van der Waals surface area contributed by atoms with Crippen LogP contribution in [0.5, 0.6) is 11.5 Å². The van der Waals surface area contributed by atoms with Crippen molar-refractivity contribution < 1.29 is 46.9 Å². The summed E-state index contributed by atoms with van der Waals surface area (Å²) in [5.41, 5.74) is 2.33. The Bertz CT molecular complexity index is 2580. The van der Waals surface area contributed by atoms with Crippen LogP contribution in [0.15, 0.2) is 87.5 Å². The number of phenols is 1. The highest BCUT2D eigenvalue weighted by molar-refractivity contribution is 9.13. The summed E-state index contributed by atoms with van der Waals surface area (Å²) < 4.78 is 52.4. The lowest BCUT2D eigenvalue weighted by Crippen LogP contribution is -2.53. The van der Waals surface area contributed by atoms with Crippen molar-refractivity contribution in [3.8, 4) is 11.5 Å². The van der Waals surface area contributed by atoms with Gasteiger partial charge in [-0.05, 0) is 110 Å². The number of hydrazine groups is 1. The maximum absolute atomic E-state index is 15.6. The second-order valence-electron chi connectivity index (χ2n) is 15.7. The first-order valence-corrected chi connectivity index (χ1v) is 21.8. The molecule has 2 aliphatic carbocycles. The molecule has 0 radical (unpaired) electrons. The monoisotopic (exact) mass is 1020 g/mol. The van der Waals surface area contributed by atoms with Gasteiger partial charge in [0, 0.05) is 40.4 Å². The van der Waals surface area contributed by atoms with E-state index in [0.717, 1.165) is 5.69 Å². The number of rotatable bonds is 7. The number of halogens is 7. The van der Waals surface area contributed by atoms with E-state index in [9.17, 15) is 27.9 Å². The number of morpholine rings is 1. The van der Waals surface area contributed by atoms with Crippen LogP contribution in [0.3, 0.4) is 0 Å². The Labute approximate surface area is 379 Å². The van der Waals surface area contributed by atoms with Gasteiger partial charge in [0.15, 0.2) is 17.3 Å². The maximum atomic E-state index is 15.6. The number of nitrogens with one attached hydrogen (secondary N) is 1. The smallest absolute Gasteiger partial charge is 0.417 e. The molecular weight excluding hydrogens is 986 g/mol. The lowest BCUT2D eigenvalue weighted by Gasteiger charge is -2.51. The third kappa shape index (κ3) is 6.60. The number of allylic oxidation sites excluding steroid dienone is 2. The number of ether oxygens (including phenoxy) is 2. The molecule has 19 heteroatoms. The average Bonchev–Trinajstić information content (AvgIpc) is 3.64. The molecule has 3 saturated heterocycles. The number of imide groups is 2. The number of phenolic OH excluding ortho intramolecular Hbond substituents is 1. The summed E-state index contributed by atoms with van der Waals surface area (Å²) in [6.07, 6.45) is -2.33. The van der Waals surface area contributed by atoms with Crippen molar-refractivity contribution in [1.82, 2.24) is 9.99 Å². The average molecular weight is 1020 g/mol. The minimum atomic E-state index is -4.77. The van der Waals surface area contributed by atoms with E-state index in [-0.39, 0.29) is 34.6 Å². The summed E-state index contributed by atoms with van der Waals surface area (Å²) in [4.78, 5) is 67.1. The summed E-state index contributed by atoms with van der Waals surface area (Å²) >= 11 is 19.8. The minimum Gasteiger partial charge on any atom is -0.503 e. The topological polar surface area (TPSA) is 142 Å². The number of anilines is 3. The molecule has 2 N–H and O–H groups in total. The number of pyridine rings is 1. The fraction of sp³-hybridized carbons (Fsp3) is 0.326. The van der Waals surface area contributed by atoms with Crippen LogP contribution >= 0.6 is 55.1 Å². The number of hydrogen-bond donors (Lipinski definition) is 2. The van der Waals surface area contributed by atoms with Gasteiger partial charge in [-0.3, -0.25) is 29.5 Å². The molecule has 3 aromatic carbocycles. The molecule has 6 unspecified atom stereocenters. The number of amides is 4. The summed E-state index contributed by atoms with van der Waals surface area (Å²) in [5.74, 6) is -7.88. The lowest BCUT2D eigenvalue weighted by atomic mass is 9.49. The molecule has 4 fully saturated rings. The number of methoxy groups -OCH3 is 1. The normalized spacial score (nSPS) is 26.0. The molecule has 62 heavy (non-hydrogen) atoms. The third-order valence-electron chi connectivity index (χ3n) is 12.7. The zero-order chi connectivity index (χ0) is 44.0. The van der Waals surface area contributed by atoms with Gasteiger partial charge in [0.1, 0.15) is 0 Å².